The summed E-state index contributed by atoms with van der Waals surface area (Å²) in [4.78, 5) is 23.4. The van der Waals surface area contributed by atoms with E-state index in [0.717, 1.165) is 14.9 Å². The topological polar surface area (TPSA) is 67.4 Å². The number of benzene rings is 2. The van der Waals surface area contributed by atoms with E-state index >= 15 is 0 Å². The second-order valence-corrected chi connectivity index (χ2v) is 5.95. The SMILES string of the molecule is CCOC(=O)c1ccc(NCC(=O)Nc2ccc(I)cc2)cc1. The minimum Gasteiger partial charge on any atom is -0.462 e. The molecule has 1 amide bonds. The first-order chi connectivity index (χ1) is 11.1. The Hall–Kier alpha value is -2.09. The zero-order chi connectivity index (χ0) is 16.7. The summed E-state index contributed by atoms with van der Waals surface area (Å²) in [5, 5.41) is 5.82. The number of halogens is 1. The highest BCUT2D eigenvalue weighted by Crippen LogP contribution is 2.12. The number of hydrogen-bond acceptors (Lipinski definition) is 4. The minimum absolute atomic E-state index is 0.138. The largest absolute Gasteiger partial charge is 0.462 e. The molecule has 0 saturated heterocycles. The molecule has 0 saturated carbocycles. The van der Waals surface area contributed by atoms with Crippen molar-refractivity contribution in [2.75, 3.05) is 23.8 Å². The third-order valence-corrected chi connectivity index (χ3v) is 3.70. The van der Waals surface area contributed by atoms with E-state index in [1.54, 1.807) is 31.2 Å². The maximum Gasteiger partial charge on any atom is 0.338 e. The first-order valence-corrected chi connectivity index (χ1v) is 8.23. The summed E-state index contributed by atoms with van der Waals surface area (Å²) in [7, 11) is 0. The first-order valence-electron chi connectivity index (χ1n) is 7.15. The quantitative estimate of drug-likeness (QED) is 0.550. The molecule has 120 valence electrons. The minimum atomic E-state index is -0.351. The Morgan fingerprint density at radius 2 is 1.61 bits per heavy atom. The van der Waals surface area contributed by atoms with Crippen molar-refractivity contribution in [3.8, 4) is 0 Å². The highest BCUT2D eigenvalue weighted by molar-refractivity contribution is 14.1. The summed E-state index contributed by atoms with van der Waals surface area (Å²) in [6.07, 6.45) is 0. The van der Waals surface area contributed by atoms with Crippen LogP contribution in [-0.2, 0) is 9.53 Å². The third kappa shape index (κ3) is 5.55. The molecule has 0 heterocycles. The van der Waals surface area contributed by atoms with Gasteiger partial charge in [-0.25, -0.2) is 4.79 Å². The van der Waals surface area contributed by atoms with Gasteiger partial charge in [-0.15, -0.1) is 0 Å². The number of anilines is 2. The summed E-state index contributed by atoms with van der Waals surface area (Å²) in [5.74, 6) is -0.490. The molecule has 2 N–H and O–H groups in total. The van der Waals surface area contributed by atoms with Crippen LogP contribution in [-0.4, -0.2) is 25.0 Å². The van der Waals surface area contributed by atoms with Gasteiger partial charge in [0.1, 0.15) is 0 Å². The molecule has 0 aromatic heterocycles. The van der Waals surface area contributed by atoms with Gasteiger partial charge in [0.05, 0.1) is 18.7 Å². The van der Waals surface area contributed by atoms with E-state index in [2.05, 4.69) is 33.2 Å². The van der Waals surface area contributed by atoms with E-state index in [-0.39, 0.29) is 18.4 Å². The molecule has 2 aromatic carbocycles. The zero-order valence-corrected chi connectivity index (χ0v) is 14.8. The van der Waals surface area contributed by atoms with E-state index in [4.69, 9.17) is 4.74 Å². The van der Waals surface area contributed by atoms with Crippen molar-refractivity contribution in [2.24, 2.45) is 0 Å². The molecular formula is C17H17IN2O3. The molecule has 0 spiro atoms. The Balaban J connectivity index is 1.84. The number of amides is 1. The number of rotatable bonds is 6. The second kappa shape index (κ2) is 8.52. The number of ether oxygens (including phenoxy) is 1. The lowest BCUT2D eigenvalue weighted by atomic mass is 10.2. The molecule has 23 heavy (non-hydrogen) atoms. The average molecular weight is 424 g/mol. The predicted molar refractivity (Wildman–Crippen MR) is 98.7 cm³/mol. The van der Waals surface area contributed by atoms with E-state index in [0.29, 0.717) is 12.2 Å². The highest BCUT2D eigenvalue weighted by Gasteiger charge is 2.06. The van der Waals surface area contributed by atoms with Gasteiger partial charge in [0.2, 0.25) is 5.91 Å². The zero-order valence-electron chi connectivity index (χ0n) is 12.6. The van der Waals surface area contributed by atoms with Crippen LogP contribution in [0.2, 0.25) is 0 Å². The van der Waals surface area contributed by atoms with E-state index in [1.165, 1.54) is 0 Å². The standard InChI is InChI=1S/C17H17IN2O3/c1-2-23-17(22)12-3-7-14(8-4-12)19-11-16(21)20-15-9-5-13(18)6-10-15/h3-10,19H,2,11H2,1H3,(H,20,21). The summed E-state index contributed by atoms with van der Waals surface area (Å²) >= 11 is 2.21. The first kappa shape index (κ1) is 17.3. The van der Waals surface area contributed by atoms with Gasteiger partial charge >= 0.3 is 5.97 Å². The Morgan fingerprint density at radius 3 is 2.22 bits per heavy atom. The molecule has 0 aliphatic heterocycles. The van der Waals surface area contributed by atoms with Gasteiger partial charge in [0, 0.05) is 14.9 Å². The fraction of sp³-hybridized carbons (Fsp3) is 0.176. The van der Waals surface area contributed by atoms with Crippen LogP contribution in [0.3, 0.4) is 0 Å². The van der Waals surface area contributed by atoms with Crippen LogP contribution in [0.1, 0.15) is 17.3 Å². The van der Waals surface area contributed by atoms with E-state index in [9.17, 15) is 9.59 Å². The number of nitrogens with one attached hydrogen (secondary N) is 2. The van der Waals surface area contributed by atoms with Crippen molar-refractivity contribution < 1.29 is 14.3 Å². The Labute approximate surface area is 148 Å². The normalized spacial score (nSPS) is 10.0. The molecule has 0 radical (unpaired) electrons. The highest BCUT2D eigenvalue weighted by atomic mass is 127. The summed E-state index contributed by atoms with van der Waals surface area (Å²) in [5.41, 5.74) is 2.01. The van der Waals surface area contributed by atoms with Gasteiger partial charge in [0.25, 0.3) is 0 Å². The van der Waals surface area contributed by atoms with Crippen LogP contribution >= 0.6 is 22.6 Å². The molecule has 0 bridgehead atoms. The Morgan fingerprint density at radius 1 is 1.00 bits per heavy atom. The summed E-state index contributed by atoms with van der Waals surface area (Å²) in [6.45, 7) is 2.25. The molecule has 6 heteroatoms. The van der Waals surface area contributed by atoms with Crippen molar-refractivity contribution in [1.29, 1.82) is 0 Å². The second-order valence-electron chi connectivity index (χ2n) is 4.71. The summed E-state index contributed by atoms with van der Waals surface area (Å²) in [6, 6.07) is 14.4. The lowest BCUT2D eigenvalue weighted by Gasteiger charge is -2.08. The van der Waals surface area contributed by atoms with Crippen molar-refractivity contribution in [2.45, 2.75) is 6.92 Å². The van der Waals surface area contributed by atoms with Crippen LogP contribution in [0, 0.1) is 3.57 Å². The van der Waals surface area contributed by atoms with E-state index in [1.807, 2.05) is 24.3 Å². The molecule has 0 fully saturated rings. The Bertz CT molecular complexity index is 669. The molecular weight excluding hydrogens is 407 g/mol. The summed E-state index contributed by atoms with van der Waals surface area (Å²) < 4.78 is 6.03. The van der Waals surface area contributed by atoms with Gasteiger partial charge < -0.3 is 15.4 Å². The van der Waals surface area contributed by atoms with Gasteiger partial charge in [-0.1, -0.05) is 0 Å². The van der Waals surface area contributed by atoms with Crippen LogP contribution < -0.4 is 10.6 Å². The Kier molecular flexibility index (Phi) is 6.40. The number of hydrogen-bond donors (Lipinski definition) is 2. The van der Waals surface area contributed by atoms with Gasteiger partial charge in [-0.2, -0.15) is 0 Å². The van der Waals surface area contributed by atoms with Crippen molar-refractivity contribution in [3.63, 3.8) is 0 Å². The lowest BCUT2D eigenvalue weighted by Crippen LogP contribution is -2.21. The molecule has 0 unspecified atom stereocenters. The molecule has 0 aliphatic carbocycles. The predicted octanol–water partition coefficient (Wildman–Crippen LogP) is 3.52. The maximum absolute atomic E-state index is 11.9. The fourth-order valence-electron chi connectivity index (χ4n) is 1.86. The number of esters is 1. The van der Waals surface area contributed by atoms with Crippen molar-refractivity contribution in [1.82, 2.24) is 0 Å². The van der Waals surface area contributed by atoms with Gasteiger partial charge in [0.15, 0.2) is 0 Å². The fourth-order valence-corrected chi connectivity index (χ4v) is 2.22. The monoisotopic (exact) mass is 424 g/mol. The van der Waals surface area contributed by atoms with Crippen LogP contribution in [0.25, 0.3) is 0 Å². The molecule has 5 nitrogen and oxygen atoms in total. The van der Waals surface area contributed by atoms with Gasteiger partial charge in [-0.05, 0) is 78.0 Å². The lowest BCUT2D eigenvalue weighted by molar-refractivity contribution is -0.114. The molecule has 0 atom stereocenters. The number of carbonyl (C=O) groups is 2. The van der Waals surface area contributed by atoms with Crippen LogP contribution in [0.15, 0.2) is 48.5 Å². The molecule has 2 rings (SSSR count). The smallest absolute Gasteiger partial charge is 0.338 e. The molecule has 0 aliphatic rings. The van der Waals surface area contributed by atoms with Crippen LogP contribution in [0.4, 0.5) is 11.4 Å². The molecule has 2 aromatic rings. The van der Waals surface area contributed by atoms with Crippen molar-refractivity contribution >= 4 is 45.8 Å². The number of carbonyl (C=O) groups excluding carboxylic acids is 2. The average Bonchev–Trinajstić information content (AvgIpc) is 2.56. The third-order valence-electron chi connectivity index (χ3n) is 2.98. The van der Waals surface area contributed by atoms with E-state index < -0.39 is 0 Å². The van der Waals surface area contributed by atoms with Gasteiger partial charge in [-0.3, -0.25) is 4.79 Å². The van der Waals surface area contributed by atoms with Crippen LogP contribution in [0.5, 0.6) is 0 Å². The van der Waals surface area contributed by atoms with Crippen molar-refractivity contribution in [3.05, 3.63) is 57.7 Å². The maximum atomic E-state index is 11.9.